The van der Waals surface area contributed by atoms with E-state index in [0.29, 0.717) is 11.7 Å². The number of aliphatic imine (C=N–C) groups is 1. The highest BCUT2D eigenvalue weighted by Gasteiger charge is 2.11. The molecule has 0 radical (unpaired) electrons. The molecule has 16 heteroatoms. The average molecular weight is 942 g/mol. The Labute approximate surface area is 399 Å². The first-order valence-electron chi connectivity index (χ1n) is 23.1. The maximum Gasteiger partial charge on any atom is 0.271 e. The second-order valence-corrected chi connectivity index (χ2v) is 16.8. The molecule has 7 aromatic rings. The van der Waals surface area contributed by atoms with Crippen LogP contribution < -0.4 is 11.1 Å². The van der Waals surface area contributed by atoms with Gasteiger partial charge in [-0.2, -0.15) is 0 Å². The molecule has 0 atom stereocenters. The molecule has 0 unspecified atom stereocenters. The molecule has 14 nitrogen and oxygen atoms in total. The highest BCUT2D eigenvalue weighted by atomic mass is 35.5. The third-order valence-electron chi connectivity index (χ3n) is 11.3. The standard InChI is InChI=1S/C20H26N4S.C15H21N3O2.C11H11ClN2O2.C4H11N/c1-3-23(4-2)11-6-12-24-13-10-16-8-9-17(15-18(16)24)22-20(21)19-7-5-14-25-19;1-3-16(4-2)9-5-10-17-11-8-13-6-7-14(18(19)20)12-15(13)17;12-5-1-6-13-7-4-9-2-3-10(14(15)16)8-11(9)13;1-3-5-4-2/h5,7-10,13-15H,3-4,6,11-12H2,1-2H3,(H2,21,22);6-8,11-12H,3-5,9-10H2,1-2H3;2-4,7-8H,1,5-6H2;5H,3-4H2,1-2H3. The van der Waals surface area contributed by atoms with Crippen LogP contribution in [0.2, 0.25) is 0 Å². The Balaban J connectivity index is 0.000000210. The Morgan fingerprint density at radius 2 is 1.09 bits per heavy atom. The average Bonchev–Trinajstić information content (AvgIpc) is 4.17. The summed E-state index contributed by atoms with van der Waals surface area (Å²) in [6.45, 7) is 24.4. The van der Waals surface area contributed by atoms with Crippen molar-refractivity contribution in [3.63, 3.8) is 0 Å². The van der Waals surface area contributed by atoms with E-state index in [2.05, 4.69) is 95.2 Å². The first kappa shape index (κ1) is 53.0. The number of rotatable bonds is 21. The molecule has 0 saturated heterocycles. The number of nitro groups is 2. The minimum absolute atomic E-state index is 0.123. The highest BCUT2D eigenvalue weighted by Crippen LogP contribution is 2.25. The third kappa shape index (κ3) is 16.1. The van der Waals surface area contributed by atoms with E-state index in [9.17, 15) is 20.2 Å². The van der Waals surface area contributed by atoms with Crippen LogP contribution in [-0.4, -0.2) is 97.4 Å². The maximum absolute atomic E-state index is 10.8. The summed E-state index contributed by atoms with van der Waals surface area (Å²) >= 11 is 7.24. The summed E-state index contributed by atoms with van der Waals surface area (Å²) in [5.74, 6) is 1.17. The summed E-state index contributed by atoms with van der Waals surface area (Å²) in [6, 6.07) is 26.3. The van der Waals surface area contributed by atoms with E-state index in [1.807, 2.05) is 58.7 Å². The summed E-state index contributed by atoms with van der Waals surface area (Å²) in [5, 5.41) is 30.0. The molecule has 356 valence electrons. The largest absolute Gasteiger partial charge is 0.383 e. The van der Waals surface area contributed by atoms with Crippen molar-refractivity contribution in [1.29, 1.82) is 0 Å². The van der Waals surface area contributed by atoms with Crippen molar-refractivity contribution in [2.24, 2.45) is 10.7 Å². The number of nitrogens with one attached hydrogen (secondary N) is 1. The number of thiophene rings is 1. The van der Waals surface area contributed by atoms with Crippen LogP contribution in [0.4, 0.5) is 17.1 Å². The number of aromatic nitrogens is 3. The van der Waals surface area contributed by atoms with Gasteiger partial charge in [-0.3, -0.25) is 20.2 Å². The molecule has 0 amide bonds. The van der Waals surface area contributed by atoms with Crippen molar-refractivity contribution in [2.75, 3.05) is 58.2 Å². The van der Waals surface area contributed by atoms with E-state index in [4.69, 9.17) is 17.3 Å². The number of non-ortho nitro benzene ring substituents is 2. The van der Waals surface area contributed by atoms with Gasteiger partial charge in [0.15, 0.2) is 0 Å². The van der Waals surface area contributed by atoms with E-state index in [1.54, 1.807) is 35.6 Å². The molecule has 0 aliphatic heterocycles. The maximum atomic E-state index is 10.8. The van der Waals surface area contributed by atoms with E-state index in [1.165, 1.54) is 17.0 Å². The van der Waals surface area contributed by atoms with E-state index < -0.39 is 0 Å². The van der Waals surface area contributed by atoms with Gasteiger partial charge in [-0.25, -0.2) is 4.99 Å². The van der Waals surface area contributed by atoms with Gasteiger partial charge in [0, 0.05) is 79.1 Å². The number of hydrogen-bond acceptors (Lipinski definition) is 9. The normalized spacial score (nSPS) is 11.4. The number of nitrogens with zero attached hydrogens (tertiary/aromatic N) is 8. The van der Waals surface area contributed by atoms with Crippen LogP contribution in [0.1, 0.15) is 65.7 Å². The number of fused-ring (bicyclic) bond motifs is 3. The molecular weight excluding hydrogens is 872 g/mol. The number of benzene rings is 3. The Kier molecular flexibility index (Phi) is 22.9. The predicted molar refractivity (Wildman–Crippen MR) is 278 cm³/mol. The lowest BCUT2D eigenvalue weighted by Gasteiger charge is -2.18. The van der Waals surface area contributed by atoms with Crippen molar-refractivity contribution in [3.8, 4) is 0 Å². The summed E-state index contributed by atoms with van der Waals surface area (Å²) in [5.41, 5.74) is 10.4. The fourth-order valence-electron chi connectivity index (χ4n) is 7.51. The van der Waals surface area contributed by atoms with Gasteiger partial charge in [-0.1, -0.05) is 53.7 Å². The van der Waals surface area contributed by atoms with E-state index in [-0.39, 0.29) is 21.2 Å². The minimum Gasteiger partial charge on any atom is -0.383 e. The molecule has 0 fully saturated rings. The summed E-state index contributed by atoms with van der Waals surface area (Å²) < 4.78 is 6.41. The van der Waals surface area contributed by atoms with E-state index in [0.717, 1.165) is 124 Å². The van der Waals surface area contributed by atoms with Crippen LogP contribution in [0.3, 0.4) is 0 Å². The zero-order valence-electron chi connectivity index (χ0n) is 39.6. The van der Waals surface area contributed by atoms with Gasteiger partial charge < -0.3 is 34.6 Å². The number of hydrogen-bond donors (Lipinski definition) is 2. The smallest absolute Gasteiger partial charge is 0.271 e. The molecule has 66 heavy (non-hydrogen) atoms. The number of amidine groups is 1. The highest BCUT2D eigenvalue weighted by molar-refractivity contribution is 7.12. The molecule has 0 spiro atoms. The first-order valence-corrected chi connectivity index (χ1v) is 24.6. The zero-order chi connectivity index (χ0) is 47.8. The van der Waals surface area contributed by atoms with Crippen LogP contribution in [0.25, 0.3) is 32.7 Å². The van der Waals surface area contributed by atoms with Crippen LogP contribution in [0.5, 0.6) is 0 Å². The molecule has 0 bridgehead atoms. The number of alkyl halides is 1. The Morgan fingerprint density at radius 1 is 0.652 bits per heavy atom. The Hall–Kier alpha value is -5.58. The van der Waals surface area contributed by atoms with Gasteiger partial charge in [0.25, 0.3) is 11.4 Å². The Bertz CT molecular complexity index is 2540. The minimum atomic E-state index is -0.377. The van der Waals surface area contributed by atoms with Crippen LogP contribution in [0.15, 0.2) is 114 Å². The molecule has 0 aliphatic rings. The summed E-state index contributed by atoms with van der Waals surface area (Å²) in [4.78, 5) is 31.2. The number of nitro benzene ring substituents is 2. The number of aryl methyl sites for hydroxylation is 3. The van der Waals surface area contributed by atoms with Crippen molar-refractivity contribution in [3.05, 3.63) is 134 Å². The summed E-state index contributed by atoms with van der Waals surface area (Å²) in [6.07, 6.45) is 9.17. The fraction of sp³-hybridized carbons (Fsp3) is 0.420. The van der Waals surface area contributed by atoms with Gasteiger partial charge in [0.2, 0.25) is 0 Å². The SMILES string of the molecule is CCN(CC)CCCn1ccc2ccc(N=C(N)c3cccs3)cc21.CCN(CC)CCCn1ccc2ccc([N+](=O)[O-])cc21.CCNCC.O=[N+]([O-])c1ccc2ccn(CCCCl)c2c1. The first-order chi connectivity index (χ1) is 32.0. The van der Waals surface area contributed by atoms with Gasteiger partial charge in [-0.05, 0) is 131 Å². The van der Waals surface area contributed by atoms with Gasteiger partial charge >= 0.3 is 0 Å². The molecule has 3 aromatic carbocycles. The molecule has 7 rings (SSSR count). The van der Waals surface area contributed by atoms with Crippen molar-refractivity contribution in [1.82, 2.24) is 28.8 Å². The van der Waals surface area contributed by atoms with Crippen molar-refractivity contribution in [2.45, 2.75) is 80.4 Å². The van der Waals surface area contributed by atoms with Crippen LogP contribution >= 0.6 is 22.9 Å². The monoisotopic (exact) mass is 940 g/mol. The van der Waals surface area contributed by atoms with E-state index >= 15 is 0 Å². The Morgan fingerprint density at radius 3 is 1.47 bits per heavy atom. The van der Waals surface area contributed by atoms with Gasteiger partial charge in [0.1, 0.15) is 5.84 Å². The zero-order valence-corrected chi connectivity index (χ0v) is 41.1. The molecule has 4 aromatic heterocycles. The molecular formula is C50H69ClN10O4S. The second kappa shape index (κ2) is 28.5. The lowest BCUT2D eigenvalue weighted by atomic mass is 10.2. The van der Waals surface area contributed by atoms with Gasteiger partial charge in [-0.15, -0.1) is 22.9 Å². The van der Waals surface area contributed by atoms with Crippen LogP contribution in [0, 0.1) is 20.2 Å². The van der Waals surface area contributed by atoms with Crippen LogP contribution in [-0.2, 0) is 19.6 Å². The third-order valence-corrected chi connectivity index (χ3v) is 12.4. The molecule has 0 saturated carbocycles. The molecule has 3 N–H and O–H groups in total. The molecule has 0 aliphatic carbocycles. The predicted octanol–water partition coefficient (Wildman–Crippen LogP) is 11.5. The fourth-order valence-corrected chi connectivity index (χ4v) is 8.25. The van der Waals surface area contributed by atoms with Crippen molar-refractivity contribution < 1.29 is 9.85 Å². The topological polar surface area (TPSA) is 158 Å². The number of halogens is 1. The lowest BCUT2D eigenvalue weighted by molar-refractivity contribution is -0.384. The summed E-state index contributed by atoms with van der Waals surface area (Å²) in [7, 11) is 0. The molecule has 4 heterocycles. The van der Waals surface area contributed by atoms with Gasteiger partial charge in [0.05, 0.1) is 37.0 Å². The quantitative estimate of drug-likeness (QED) is 0.0237. The van der Waals surface area contributed by atoms with Crippen molar-refractivity contribution >= 4 is 78.5 Å². The second-order valence-electron chi connectivity index (χ2n) is 15.5. The lowest BCUT2D eigenvalue weighted by Crippen LogP contribution is -2.24. The number of nitrogens with two attached hydrogens (primary N) is 1.